The Bertz CT molecular complexity index is 725. The molecule has 0 saturated heterocycles. The van der Waals surface area contributed by atoms with Crippen molar-refractivity contribution in [3.63, 3.8) is 0 Å². The van der Waals surface area contributed by atoms with Crippen LogP contribution in [0.25, 0.3) is 0 Å². The van der Waals surface area contributed by atoms with E-state index in [1.807, 2.05) is 10.8 Å². The summed E-state index contributed by atoms with van der Waals surface area (Å²) in [7, 11) is 0. The van der Waals surface area contributed by atoms with E-state index in [1.54, 1.807) is 19.4 Å². The SMILES string of the molecule is Cc1c(Cl)cnc(N[C@@H]2CC(Cn3ccnc3)C[C@H]2O)c1C#N. The van der Waals surface area contributed by atoms with Crippen molar-refractivity contribution < 1.29 is 5.11 Å². The molecule has 2 aromatic rings. The zero-order chi connectivity index (χ0) is 16.4. The Labute approximate surface area is 139 Å². The molecule has 0 spiro atoms. The van der Waals surface area contributed by atoms with Gasteiger partial charge in [0.15, 0.2) is 0 Å². The van der Waals surface area contributed by atoms with Gasteiger partial charge in [-0.1, -0.05) is 11.6 Å². The molecular weight excluding hydrogens is 314 g/mol. The van der Waals surface area contributed by atoms with Gasteiger partial charge in [0.1, 0.15) is 11.9 Å². The van der Waals surface area contributed by atoms with Crippen LogP contribution >= 0.6 is 11.6 Å². The second kappa shape index (κ2) is 6.57. The molecule has 3 atom stereocenters. The minimum absolute atomic E-state index is 0.122. The number of nitriles is 1. The van der Waals surface area contributed by atoms with Crippen LogP contribution in [0.4, 0.5) is 5.82 Å². The number of aliphatic hydroxyl groups is 1. The number of anilines is 1. The number of aliphatic hydroxyl groups excluding tert-OH is 1. The van der Waals surface area contributed by atoms with Gasteiger partial charge in [0.25, 0.3) is 0 Å². The molecule has 7 heteroatoms. The number of hydrogen-bond acceptors (Lipinski definition) is 5. The standard InChI is InChI=1S/C16H18ClN5O/c1-10-12(6-18)16(20-7-13(10)17)21-14-4-11(5-15(14)23)8-22-3-2-19-9-22/h2-3,7,9,11,14-15,23H,4-5,8H2,1H3,(H,20,21)/t11?,14-,15-/m1/s1. The van der Waals surface area contributed by atoms with Crippen LogP contribution < -0.4 is 5.32 Å². The quantitative estimate of drug-likeness (QED) is 0.898. The number of rotatable bonds is 4. The van der Waals surface area contributed by atoms with Crippen LogP contribution in [0.1, 0.15) is 24.0 Å². The Morgan fingerprint density at radius 3 is 3.04 bits per heavy atom. The van der Waals surface area contributed by atoms with E-state index >= 15 is 0 Å². The minimum Gasteiger partial charge on any atom is -0.391 e. The fraction of sp³-hybridized carbons (Fsp3) is 0.438. The van der Waals surface area contributed by atoms with Crippen molar-refractivity contribution in [1.29, 1.82) is 5.26 Å². The first-order chi connectivity index (χ1) is 11.1. The van der Waals surface area contributed by atoms with Gasteiger partial charge in [0.2, 0.25) is 0 Å². The first kappa shape index (κ1) is 15.8. The highest BCUT2D eigenvalue weighted by atomic mass is 35.5. The molecule has 2 heterocycles. The zero-order valence-electron chi connectivity index (χ0n) is 12.8. The molecule has 0 aromatic carbocycles. The van der Waals surface area contributed by atoms with Crippen LogP contribution in [0.2, 0.25) is 5.02 Å². The number of pyridine rings is 1. The van der Waals surface area contributed by atoms with Crippen LogP contribution in [0.3, 0.4) is 0 Å². The Kier molecular flexibility index (Phi) is 4.51. The second-order valence-corrected chi connectivity index (χ2v) is 6.39. The average Bonchev–Trinajstić information content (AvgIpc) is 3.14. The van der Waals surface area contributed by atoms with E-state index in [4.69, 9.17) is 11.6 Å². The van der Waals surface area contributed by atoms with Crippen molar-refractivity contribution in [3.05, 3.63) is 41.1 Å². The molecule has 23 heavy (non-hydrogen) atoms. The van der Waals surface area contributed by atoms with E-state index in [-0.39, 0.29) is 6.04 Å². The molecule has 1 fully saturated rings. The van der Waals surface area contributed by atoms with E-state index in [0.717, 1.165) is 13.0 Å². The Balaban J connectivity index is 1.71. The molecular formula is C16H18ClN5O. The summed E-state index contributed by atoms with van der Waals surface area (Å²) in [5.74, 6) is 0.845. The molecule has 0 radical (unpaired) electrons. The summed E-state index contributed by atoms with van der Waals surface area (Å²) < 4.78 is 2.02. The fourth-order valence-electron chi connectivity index (χ4n) is 3.12. The highest BCUT2D eigenvalue weighted by Crippen LogP contribution is 2.31. The summed E-state index contributed by atoms with van der Waals surface area (Å²) in [4.78, 5) is 8.25. The van der Waals surface area contributed by atoms with Crippen molar-refractivity contribution in [1.82, 2.24) is 14.5 Å². The van der Waals surface area contributed by atoms with Gasteiger partial charge in [-0.15, -0.1) is 0 Å². The van der Waals surface area contributed by atoms with Crippen LogP contribution in [0, 0.1) is 24.2 Å². The molecule has 1 aliphatic rings. The van der Waals surface area contributed by atoms with Crippen LogP contribution in [-0.4, -0.2) is 31.8 Å². The maximum atomic E-state index is 10.3. The minimum atomic E-state index is -0.465. The Morgan fingerprint density at radius 1 is 1.52 bits per heavy atom. The van der Waals surface area contributed by atoms with E-state index < -0.39 is 6.10 Å². The summed E-state index contributed by atoms with van der Waals surface area (Å²) in [6, 6.07) is 2.02. The van der Waals surface area contributed by atoms with Crippen molar-refractivity contribution >= 4 is 17.4 Å². The van der Waals surface area contributed by atoms with Crippen molar-refractivity contribution in [3.8, 4) is 6.07 Å². The van der Waals surface area contributed by atoms with E-state index in [0.29, 0.717) is 34.3 Å². The number of halogens is 1. The molecule has 1 saturated carbocycles. The smallest absolute Gasteiger partial charge is 0.144 e. The molecule has 120 valence electrons. The molecule has 0 bridgehead atoms. The number of aromatic nitrogens is 3. The van der Waals surface area contributed by atoms with Gasteiger partial charge in [-0.3, -0.25) is 0 Å². The summed E-state index contributed by atoms with van der Waals surface area (Å²) in [6.07, 6.45) is 8.05. The van der Waals surface area contributed by atoms with Crippen molar-refractivity contribution in [2.75, 3.05) is 5.32 Å². The molecule has 1 unspecified atom stereocenters. The van der Waals surface area contributed by atoms with E-state index in [9.17, 15) is 10.4 Å². The van der Waals surface area contributed by atoms with Gasteiger partial charge in [-0.05, 0) is 31.2 Å². The molecule has 0 amide bonds. The van der Waals surface area contributed by atoms with Crippen LogP contribution in [0.15, 0.2) is 24.9 Å². The Hall–Kier alpha value is -2.10. The monoisotopic (exact) mass is 331 g/mol. The van der Waals surface area contributed by atoms with Gasteiger partial charge < -0.3 is 15.0 Å². The van der Waals surface area contributed by atoms with Gasteiger partial charge in [-0.25, -0.2) is 9.97 Å². The first-order valence-corrected chi connectivity index (χ1v) is 7.91. The average molecular weight is 332 g/mol. The summed E-state index contributed by atoms with van der Waals surface area (Å²) >= 11 is 6.01. The molecule has 2 aromatic heterocycles. The third-order valence-corrected chi connectivity index (χ3v) is 4.75. The Morgan fingerprint density at radius 2 is 2.35 bits per heavy atom. The van der Waals surface area contributed by atoms with Crippen LogP contribution in [0.5, 0.6) is 0 Å². The molecule has 1 aliphatic carbocycles. The largest absolute Gasteiger partial charge is 0.391 e. The number of hydrogen-bond donors (Lipinski definition) is 2. The van der Waals surface area contributed by atoms with Gasteiger partial charge in [0.05, 0.1) is 29.1 Å². The van der Waals surface area contributed by atoms with Gasteiger partial charge in [0, 0.05) is 25.1 Å². The van der Waals surface area contributed by atoms with E-state index in [2.05, 4.69) is 21.4 Å². The molecule has 6 nitrogen and oxygen atoms in total. The summed E-state index contributed by atoms with van der Waals surface area (Å²) in [5.41, 5.74) is 1.14. The third-order valence-electron chi connectivity index (χ3n) is 4.37. The topological polar surface area (TPSA) is 86.8 Å². The maximum Gasteiger partial charge on any atom is 0.144 e. The highest BCUT2D eigenvalue weighted by Gasteiger charge is 2.33. The summed E-state index contributed by atoms with van der Waals surface area (Å²) in [5, 5.41) is 23.3. The molecule has 0 aliphatic heterocycles. The lowest BCUT2D eigenvalue weighted by molar-refractivity contribution is 0.166. The molecule has 3 rings (SSSR count). The molecule has 2 N–H and O–H groups in total. The van der Waals surface area contributed by atoms with Crippen LogP contribution in [-0.2, 0) is 6.54 Å². The highest BCUT2D eigenvalue weighted by molar-refractivity contribution is 6.31. The normalized spacial score (nSPS) is 23.7. The maximum absolute atomic E-state index is 10.3. The first-order valence-electron chi connectivity index (χ1n) is 7.54. The number of nitrogens with one attached hydrogen (secondary N) is 1. The van der Waals surface area contributed by atoms with Gasteiger partial charge in [-0.2, -0.15) is 5.26 Å². The third kappa shape index (κ3) is 3.31. The van der Waals surface area contributed by atoms with Crippen molar-refractivity contribution in [2.24, 2.45) is 5.92 Å². The van der Waals surface area contributed by atoms with Gasteiger partial charge >= 0.3 is 0 Å². The lowest BCUT2D eigenvalue weighted by Gasteiger charge is -2.18. The summed E-state index contributed by atoms with van der Waals surface area (Å²) in [6.45, 7) is 2.62. The lowest BCUT2D eigenvalue weighted by Crippen LogP contribution is -2.29. The zero-order valence-corrected chi connectivity index (χ0v) is 13.5. The fourth-order valence-corrected chi connectivity index (χ4v) is 3.26. The predicted molar refractivity (Wildman–Crippen MR) is 87.1 cm³/mol. The number of imidazole rings is 1. The second-order valence-electron chi connectivity index (χ2n) is 5.98. The van der Waals surface area contributed by atoms with Crippen molar-refractivity contribution in [2.45, 2.75) is 38.5 Å². The predicted octanol–water partition coefficient (Wildman–Crippen LogP) is 2.36. The number of nitrogens with zero attached hydrogens (tertiary/aromatic N) is 4. The van der Waals surface area contributed by atoms with E-state index in [1.165, 1.54) is 6.20 Å². The lowest BCUT2D eigenvalue weighted by atomic mass is 10.1.